The summed E-state index contributed by atoms with van der Waals surface area (Å²) in [5, 5.41) is 0. The highest BCUT2D eigenvalue weighted by molar-refractivity contribution is 6.44. The molecule has 94 valence electrons. The molecule has 3 N–H and O–H groups in total. The maximum absolute atomic E-state index is 11.6. The third kappa shape index (κ3) is 2.11. The zero-order valence-corrected chi connectivity index (χ0v) is 9.81. The number of imide groups is 2. The van der Waals surface area contributed by atoms with E-state index in [1.807, 2.05) is 5.43 Å². The third-order valence-electron chi connectivity index (χ3n) is 2.55. The number of likely N-dealkylation sites (N-methyl/N-ethyl adjacent to an activating group) is 1. The van der Waals surface area contributed by atoms with Gasteiger partial charge in [0.05, 0.1) is 5.41 Å². The van der Waals surface area contributed by atoms with E-state index in [9.17, 15) is 19.2 Å². The van der Waals surface area contributed by atoms with Crippen LogP contribution in [0.15, 0.2) is 0 Å². The number of nitrogens with zero attached hydrogens (tertiary/aromatic N) is 2. The van der Waals surface area contributed by atoms with E-state index in [0.29, 0.717) is 4.90 Å². The van der Waals surface area contributed by atoms with Crippen molar-refractivity contribution in [3.05, 3.63) is 0 Å². The number of amides is 5. The predicted octanol–water partition coefficient (Wildman–Crippen LogP) is -1.58. The Labute approximate surface area is 97.7 Å². The molecule has 0 spiro atoms. The smallest absolute Gasteiger partial charge is 0.294 e. The van der Waals surface area contributed by atoms with Crippen molar-refractivity contribution in [2.45, 2.75) is 13.8 Å². The molecule has 1 aliphatic rings. The summed E-state index contributed by atoms with van der Waals surface area (Å²) >= 11 is 0. The Morgan fingerprint density at radius 3 is 2.18 bits per heavy atom. The fraction of sp³-hybridized carbons (Fsp3) is 0.556. The minimum absolute atomic E-state index is 0.205. The van der Waals surface area contributed by atoms with E-state index in [-0.39, 0.29) is 6.54 Å². The van der Waals surface area contributed by atoms with Crippen LogP contribution in [0.2, 0.25) is 0 Å². The van der Waals surface area contributed by atoms with Gasteiger partial charge in [-0.25, -0.2) is 10.6 Å². The van der Waals surface area contributed by atoms with E-state index < -0.39 is 29.2 Å². The van der Waals surface area contributed by atoms with Crippen LogP contribution < -0.4 is 11.3 Å². The second-order valence-corrected chi connectivity index (χ2v) is 4.40. The Morgan fingerprint density at radius 2 is 1.82 bits per heavy atom. The maximum Gasteiger partial charge on any atom is 0.333 e. The summed E-state index contributed by atoms with van der Waals surface area (Å²) in [6.07, 6.45) is 0. The standard InChI is InChI=1S/C9H14N4O4/c1-9(2,7(16)11-10)4-13-6(15)5(14)12(3)8(13)17/h4,10H2,1-3H3,(H,11,16). The van der Waals surface area contributed by atoms with E-state index in [0.717, 1.165) is 4.90 Å². The van der Waals surface area contributed by atoms with Crippen molar-refractivity contribution in [3.8, 4) is 0 Å². The van der Waals surface area contributed by atoms with Crippen LogP contribution in [-0.2, 0) is 14.4 Å². The molecule has 5 amide bonds. The highest BCUT2D eigenvalue weighted by atomic mass is 16.2. The predicted molar refractivity (Wildman–Crippen MR) is 56.0 cm³/mol. The average Bonchev–Trinajstić information content (AvgIpc) is 2.45. The molecule has 1 fully saturated rings. The lowest BCUT2D eigenvalue weighted by Crippen LogP contribution is -2.49. The number of urea groups is 1. The number of hydrazine groups is 1. The molecule has 1 heterocycles. The molecule has 0 unspecified atom stereocenters. The SMILES string of the molecule is CN1C(=O)C(=O)N(CC(C)(C)C(=O)NN)C1=O. The molecular weight excluding hydrogens is 228 g/mol. The summed E-state index contributed by atoms with van der Waals surface area (Å²) in [6, 6.07) is -0.738. The zero-order chi connectivity index (χ0) is 13.4. The molecule has 0 aromatic rings. The number of carbonyl (C=O) groups is 4. The number of hydrogen-bond donors (Lipinski definition) is 2. The highest BCUT2D eigenvalue weighted by Crippen LogP contribution is 2.21. The first-order valence-corrected chi connectivity index (χ1v) is 4.87. The molecular formula is C9H14N4O4. The minimum atomic E-state index is -1.06. The van der Waals surface area contributed by atoms with Gasteiger partial charge < -0.3 is 0 Å². The van der Waals surface area contributed by atoms with Crippen molar-refractivity contribution in [2.75, 3.05) is 13.6 Å². The van der Waals surface area contributed by atoms with E-state index in [2.05, 4.69) is 0 Å². The molecule has 0 saturated carbocycles. The molecule has 8 heteroatoms. The van der Waals surface area contributed by atoms with Gasteiger partial charge in [-0.1, -0.05) is 0 Å². The van der Waals surface area contributed by atoms with Crippen molar-refractivity contribution < 1.29 is 19.2 Å². The van der Waals surface area contributed by atoms with Gasteiger partial charge in [0.2, 0.25) is 5.91 Å². The summed E-state index contributed by atoms with van der Waals surface area (Å²) in [7, 11) is 1.21. The minimum Gasteiger partial charge on any atom is -0.294 e. The van der Waals surface area contributed by atoms with Gasteiger partial charge in [-0.2, -0.15) is 0 Å². The Kier molecular flexibility index (Phi) is 3.18. The lowest BCUT2D eigenvalue weighted by atomic mass is 9.92. The van der Waals surface area contributed by atoms with Crippen LogP contribution in [0.25, 0.3) is 0 Å². The monoisotopic (exact) mass is 242 g/mol. The number of rotatable bonds is 3. The zero-order valence-electron chi connectivity index (χ0n) is 9.81. The maximum atomic E-state index is 11.6. The van der Waals surface area contributed by atoms with Crippen LogP contribution in [-0.4, -0.2) is 47.1 Å². The van der Waals surface area contributed by atoms with Gasteiger partial charge in [-0.3, -0.25) is 29.6 Å². The quantitative estimate of drug-likeness (QED) is 0.204. The van der Waals surface area contributed by atoms with Gasteiger partial charge in [-0.05, 0) is 13.8 Å². The topological polar surface area (TPSA) is 113 Å². The van der Waals surface area contributed by atoms with Crippen LogP contribution in [0, 0.1) is 5.41 Å². The summed E-state index contributed by atoms with van der Waals surface area (Å²) < 4.78 is 0. The molecule has 0 atom stereocenters. The van der Waals surface area contributed by atoms with Gasteiger partial charge in [0.25, 0.3) is 0 Å². The van der Waals surface area contributed by atoms with Gasteiger partial charge in [0.1, 0.15) is 0 Å². The van der Waals surface area contributed by atoms with Crippen LogP contribution in [0.5, 0.6) is 0 Å². The van der Waals surface area contributed by atoms with Crippen LogP contribution in [0.1, 0.15) is 13.8 Å². The Bertz CT molecular complexity index is 404. The fourth-order valence-corrected chi connectivity index (χ4v) is 1.42. The number of carbonyl (C=O) groups excluding carboxylic acids is 4. The fourth-order valence-electron chi connectivity index (χ4n) is 1.42. The second kappa shape index (κ2) is 4.13. The van der Waals surface area contributed by atoms with Gasteiger partial charge in [-0.15, -0.1) is 0 Å². The lowest BCUT2D eigenvalue weighted by Gasteiger charge is -2.26. The molecule has 17 heavy (non-hydrogen) atoms. The number of nitrogens with one attached hydrogen (secondary N) is 1. The first-order chi connectivity index (χ1) is 7.72. The molecule has 1 rings (SSSR count). The Hall–Kier alpha value is -1.96. The lowest BCUT2D eigenvalue weighted by molar-refractivity contribution is -0.144. The van der Waals surface area contributed by atoms with Crippen LogP contribution in [0.3, 0.4) is 0 Å². The molecule has 8 nitrogen and oxygen atoms in total. The molecule has 0 aromatic heterocycles. The molecule has 1 aliphatic heterocycles. The van der Waals surface area contributed by atoms with Gasteiger partial charge in [0, 0.05) is 13.6 Å². The molecule has 0 aromatic carbocycles. The summed E-state index contributed by atoms with van der Waals surface area (Å²) in [5.41, 5.74) is 0.881. The van der Waals surface area contributed by atoms with E-state index in [1.54, 1.807) is 0 Å². The molecule has 0 aliphatic carbocycles. The van der Waals surface area contributed by atoms with E-state index in [4.69, 9.17) is 5.84 Å². The average molecular weight is 242 g/mol. The normalized spacial score (nSPS) is 16.8. The van der Waals surface area contributed by atoms with Crippen molar-refractivity contribution >= 4 is 23.8 Å². The third-order valence-corrected chi connectivity index (χ3v) is 2.55. The van der Waals surface area contributed by atoms with Crippen LogP contribution >= 0.6 is 0 Å². The Morgan fingerprint density at radius 1 is 1.29 bits per heavy atom. The van der Waals surface area contributed by atoms with Crippen molar-refractivity contribution in [1.82, 2.24) is 15.2 Å². The van der Waals surface area contributed by atoms with Gasteiger partial charge in [0.15, 0.2) is 0 Å². The van der Waals surface area contributed by atoms with Crippen molar-refractivity contribution in [1.29, 1.82) is 0 Å². The number of hydrogen-bond acceptors (Lipinski definition) is 5. The summed E-state index contributed by atoms with van der Waals surface area (Å²) in [5.74, 6) is 2.62. The molecule has 0 bridgehead atoms. The number of nitrogens with two attached hydrogens (primary N) is 1. The highest BCUT2D eigenvalue weighted by Gasteiger charge is 2.45. The van der Waals surface area contributed by atoms with Crippen molar-refractivity contribution in [2.24, 2.45) is 11.3 Å². The van der Waals surface area contributed by atoms with Crippen LogP contribution in [0.4, 0.5) is 4.79 Å². The first kappa shape index (κ1) is 13.1. The molecule has 0 radical (unpaired) electrons. The van der Waals surface area contributed by atoms with Crippen molar-refractivity contribution in [3.63, 3.8) is 0 Å². The Balaban J connectivity index is 2.90. The summed E-state index contributed by atoms with van der Waals surface area (Å²) in [6.45, 7) is 2.82. The second-order valence-electron chi connectivity index (χ2n) is 4.40. The van der Waals surface area contributed by atoms with Gasteiger partial charge >= 0.3 is 17.8 Å². The van der Waals surface area contributed by atoms with E-state index >= 15 is 0 Å². The first-order valence-electron chi connectivity index (χ1n) is 4.87. The van der Waals surface area contributed by atoms with E-state index in [1.165, 1.54) is 20.9 Å². The summed E-state index contributed by atoms with van der Waals surface area (Å²) in [4.78, 5) is 47.1. The molecule has 1 saturated heterocycles. The largest absolute Gasteiger partial charge is 0.333 e.